The molecule has 1 unspecified atom stereocenters. The van der Waals surface area contributed by atoms with E-state index >= 15 is 0 Å². The van der Waals surface area contributed by atoms with Gasteiger partial charge in [0.25, 0.3) is 0 Å². The Morgan fingerprint density at radius 1 is 1.05 bits per heavy atom. The maximum atomic E-state index is 13.3. The molecule has 2 aromatic carbocycles. The third-order valence-electron chi connectivity index (χ3n) is 3.69. The molecular formula is C16H15F2NO. The van der Waals surface area contributed by atoms with Crippen LogP contribution >= 0.6 is 0 Å². The Balaban J connectivity index is 1.98. The summed E-state index contributed by atoms with van der Waals surface area (Å²) in [5.41, 5.74) is 8.63. The van der Waals surface area contributed by atoms with Crippen molar-refractivity contribution in [2.45, 2.75) is 25.5 Å². The zero-order valence-electron chi connectivity index (χ0n) is 11.1. The van der Waals surface area contributed by atoms with E-state index in [1.807, 2.05) is 6.92 Å². The summed E-state index contributed by atoms with van der Waals surface area (Å²) in [6, 6.07) is 8.74. The highest BCUT2D eigenvalue weighted by Gasteiger charge is 2.28. The molecule has 2 nitrogen and oxygen atoms in total. The van der Waals surface area contributed by atoms with E-state index in [1.54, 1.807) is 12.1 Å². The average Bonchev–Trinajstić information content (AvgIpc) is 2.37. The normalized spacial score (nSPS) is 21.2. The number of fused-ring (bicyclic) bond motifs is 1. The van der Waals surface area contributed by atoms with Gasteiger partial charge < -0.3 is 10.5 Å². The van der Waals surface area contributed by atoms with Crippen LogP contribution in [-0.2, 0) is 0 Å². The molecule has 0 bridgehead atoms. The summed E-state index contributed by atoms with van der Waals surface area (Å²) in [5.74, 6) is -0.164. The number of halogens is 2. The van der Waals surface area contributed by atoms with Crippen LogP contribution in [0.5, 0.6) is 5.75 Å². The summed E-state index contributed by atoms with van der Waals surface area (Å²) in [6.07, 6.45) is 0.311. The van der Waals surface area contributed by atoms with Crippen LogP contribution in [0.15, 0.2) is 36.4 Å². The van der Waals surface area contributed by atoms with E-state index in [0.717, 1.165) is 16.7 Å². The summed E-state index contributed by atoms with van der Waals surface area (Å²) in [4.78, 5) is 0. The minimum absolute atomic E-state index is 0.214. The highest BCUT2D eigenvalue weighted by Crippen LogP contribution is 2.40. The lowest BCUT2D eigenvalue weighted by Crippen LogP contribution is -2.24. The molecule has 0 saturated carbocycles. The quantitative estimate of drug-likeness (QED) is 0.859. The van der Waals surface area contributed by atoms with Gasteiger partial charge in [-0.1, -0.05) is 12.1 Å². The molecule has 1 aliphatic rings. The molecule has 2 atom stereocenters. The summed E-state index contributed by atoms with van der Waals surface area (Å²) >= 11 is 0. The summed E-state index contributed by atoms with van der Waals surface area (Å²) in [7, 11) is 0. The first-order valence-corrected chi connectivity index (χ1v) is 6.52. The van der Waals surface area contributed by atoms with Gasteiger partial charge in [0.15, 0.2) is 0 Å². The predicted molar refractivity (Wildman–Crippen MR) is 72.5 cm³/mol. The van der Waals surface area contributed by atoms with Gasteiger partial charge >= 0.3 is 0 Å². The van der Waals surface area contributed by atoms with E-state index in [1.165, 1.54) is 24.3 Å². The Labute approximate surface area is 116 Å². The zero-order chi connectivity index (χ0) is 14.3. The van der Waals surface area contributed by atoms with Gasteiger partial charge in [-0.15, -0.1) is 0 Å². The minimum Gasteiger partial charge on any atom is -0.485 e. The summed E-state index contributed by atoms with van der Waals surface area (Å²) in [6.45, 7) is 1.83. The average molecular weight is 275 g/mol. The van der Waals surface area contributed by atoms with Crippen LogP contribution < -0.4 is 10.5 Å². The Bertz CT molecular complexity index is 657. The van der Waals surface area contributed by atoms with Crippen LogP contribution in [0.25, 0.3) is 0 Å². The number of hydrogen-bond acceptors (Lipinski definition) is 2. The molecule has 104 valence electrons. The van der Waals surface area contributed by atoms with Crippen LogP contribution in [0, 0.1) is 18.6 Å². The second-order valence-corrected chi connectivity index (χ2v) is 5.13. The Hall–Kier alpha value is -1.94. The number of ether oxygens (including phenoxy) is 1. The maximum Gasteiger partial charge on any atom is 0.127 e. The monoisotopic (exact) mass is 275 g/mol. The second-order valence-electron chi connectivity index (χ2n) is 5.13. The first kappa shape index (κ1) is 13.1. The van der Waals surface area contributed by atoms with Crippen LogP contribution in [0.1, 0.15) is 35.3 Å². The fraction of sp³-hybridized carbons (Fsp3) is 0.250. The van der Waals surface area contributed by atoms with Gasteiger partial charge in [0, 0.05) is 24.1 Å². The number of benzene rings is 2. The van der Waals surface area contributed by atoms with Crippen molar-refractivity contribution >= 4 is 0 Å². The van der Waals surface area contributed by atoms with Gasteiger partial charge in [-0.05, 0) is 36.2 Å². The van der Waals surface area contributed by atoms with Crippen molar-refractivity contribution in [2.24, 2.45) is 5.73 Å². The number of rotatable bonds is 1. The largest absolute Gasteiger partial charge is 0.485 e. The third-order valence-corrected chi connectivity index (χ3v) is 3.69. The Morgan fingerprint density at radius 2 is 1.70 bits per heavy atom. The molecule has 4 heteroatoms. The van der Waals surface area contributed by atoms with Crippen LogP contribution in [-0.4, -0.2) is 0 Å². The lowest BCUT2D eigenvalue weighted by Gasteiger charge is -2.31. The number of hydrogen-bond donors (Lipinski definition) is 1. The third kappa shape index (κ3) is 2.27. The lowest BCUT2D eigenvalue weighted by molar-refractivity contribution is 0.160. The molecule has 1 heterocycles. The molecule has 0 radical (unpaired) electrons. The highest BCUT2D eigenvalue weighted by molar-refractivity contribution is 5.40. The van der Waals surface area contributed by atoms with Crippen molar-refractivity contribution in [3.8, 4) is 5.75 Å². The minimum atomic E-state index is -0.354. The number of aryl methyl sites for hydroxylation is 1. The Morgan fingerprint density at radius 3 is 2.40 bits per heavy atom. The van der Waals surface area contributed by atoms with Crippen molar-refractivity contribution in [2.75, 3.05) is 0 Å². The van der Waals surface area contributed by atoms with Crippen molar-refractivity contribution in [3.63, 3.8) is 0 Å². The van der Waals surface area contributed by atoms with Gasteiger partial charge in [0.2, 0.25) is 0 Å². The molecule has 0 aromatic heterocycles. The van der Waals surface area contributed by atoms with Crippen molar-refractivity contribution in [1.29, 1.82) is 0 Å². The van der Waals surface area contributed by atoms with E-state index in [-0.39, 0.29) is 23.8 Å². The summed E-state index contributed by atoms with van der Waals surface area (Å²) < 4.78 is 32.3. The van der Waals surface area contributed by atoms with Gasteiger partial charge in [0.05, 0.1) is 0 Å². The van der Waals surface area contributed by atoms with E-state index in [0.29, 0.717) is 12.2 Å². The van der Waals surface area contributed by atoms with Crippen LogP contribution in [0.3, 0.4) is 0 Å². The first-order chi connectivity index (χ1) is 9.54. The van der Waals surface area contributed by atoms with Gasteiger partial charge in [-0.3, -0.25) is 0 Å². The molecule has 2 N–H and O–H groups in total. The van der Waals surface area contributed by atoms with E-state index < -0.39 is 0 Å². The van der Waals surface area contributed by atoms with Crippen molar-refractivity contribution < 1.29 is 13.5 Å². The molecule has 2 aromatic rings. The molecule has 20 heavy (non-hydrogen) atoms. The van der Waals surface area contributed by atoms with E-state index in [9.17, 15) is 8.78 Å². The molecule has 1 aliphatic heterocycles. The first-order valence-electron chi connectivity index (χ1n) is 6.52. The zero-order valence-corrected chi connectivity index (χ0v) is 11.1. The van der Waals surface area contributed by atoms with Gasteiger partial charge in [0.1, 0.15) is 23.5 Å². The smallest absolute Gasteiger partial charge is 0.127 e. The van der Waals surface area contributed by atoms with Crippen LogP contribution in [0.2, 0.25) is 0 Å². The predicted octanol–water partition coefficient (Wildman–Crippen LogP) is 3.80. The maximum absolute atomic E-state index is 13.3. The van der Waals surface area contributed by atoms with Crippen LogP contribution in [0.4, 0.5) is 8.78 Å². The van der Waals surface area contributed by atoms with Gasteiger partial charge in [-0.25, -0.2) is 8.78 Å². The van der Waals surface area contributed by atoms with E-state index in [2.05, 4.69) is 0 Å². The molecule has 0 amide bonds. The molecule has 3 rings (SSSR count). The summed E-state index contributed by atoms with van der Waals surface area (Å²) in [5, 5.41) is 0. The SMILES string of the molecule is Cc1cc(F)ccc1C1C[C@@H](N)c2ccc(F)cc2O1. The fourth-order valence-electron chi connectivity index (χ4n) is 2.67. The topological polar surface area (TPSA) is 35.2 Å². The lowest BCUT2D eigenvalue weighted by atomic mass is 9.91. The molecule has 0 saturated heterocycles. The Kier molecular flexibility index (Phi) is 3.18. The molecule has 0 spiro atoms. The van der Waals surface area contributed by atoms with Crippen molar-refractivity contribution in [3.05, 3.63) is 64.7 Å². The van der Waals surface area contributed by atoms with Crippen molar-refractivity contribution in [1.82, 2.24) is 0 Å². The molecular weight excluding hydrogens is 260 g/mol. The standard InChI is InChI=1S/C16H15F2NO/c1-9-6-10(17)2-4-12(9)16-8-14(19)13-5-3-11(18)7-15(13)20-16/h2-7,14,16H,8,19H2,1H3/t14-,16?/m1/s1. The fourth-order valence-corrected chi connectivity index (χ4v) is 2.67. The molecule has 0 fully saturated rings. The highest BCUT2D eigenvalue weighted by atomic mass is 19.1. The van der Waals surface area contributed by atoms with Gasteiger partial charge in [-0.2, -0.15) is 0 Å². The number of nitrogens with two attached hydrogens (primary N) is 1. The molecule has 0 aliphatic carbocycles. The van der Waals surface area contributed by atoms with E-state index in [4.69, 9.17) is 10.5 Å². The second kappa shape index (κ2) is 4.87.